The number of aliphatic hydroxyl groups excluding tert-OH is 1. The van der Waals surface area contributed by atoms with Crippen molar-refractivity contribution in [2.24, 2.45) is 16.6 Å². The molecule has 1 fully saturated rings. The van der Waals surface area contributed by atoms with Crippen LogP contribution in [0.1, 0.15) is 18.4 Å². The summed E-state index contributed by atoms with van der Waals surface area (Å²) in [5.74, 6) is -4.52. The zero-order valence-electron chi connectivity index (χ0n) is 19.7. The number of thioether (sulfide) groups is 1. The second-order valence-corrected chi connectivity index (χ2v) is 10.5. The summed E-state index contributed by atoms with van der Waals surface area (Å²) in [4.78, 5) is 20.7. The lowest BCUT2D eigenvalue weighted by molar-refractivity contribution is 0.0684. The van der Waals surface area contributed by atoms with E-state index in [1.807, 2.05) is 0 Å². The number of aromatic nitrogens is 4. The third-order valence-electron chi connectivity index (χ3n) is 6.80. The van der Waals surface area contributed by atoms with Crippen molar-refractivity contribution in [2.45, 2.75) is 29.7 Å². The summed E-state index contributed by atoms with van der Waals surface area (Å²) >= 11 is 0.617. The molecule has 0 aromatic carbocycles. The molecule has 4 aromatic rings. The highest BCUT2D eigenvalue weighted by atomic mass is 32.2. The van der Waals surface area contributed by atoms with Crippen LogP contribution >= 0.6 is 11.8 Å². The van der Waals surface area contributed by atoms with Gasteiger partial charge in [-0.2, -0.15) is 4.39 Å². The number of ether oxygens (including phenoxy) is 1. The van der Waals surface area contributed by atoms with Crippen LogP contribution in [0.3, 0.4) is 0 Å². The Morgan fingerprint density at radius 1 is 1.18 bits per heavy atom. The molecule has 3 atom stereocenters. The van der Waals surface area contributed by atoms with E-state index in [0.717, 1.165) is 0 Å². The van der Waals surface area contributed by atoms with Crippen LogP contribution in [0.5, 0.6) is 5.75 Å². The fourth-order valence-electron chi connectivity index (χ4n) is 5.00. The molecule has 4 aromatic heterocycles. The standard InChI is InChI=1S/C24H20F3N7O3S/c1-22(20-23(11-35,24(20,26)27)38-21(28)34-22)15-7-13(8-32-18(15)25)33-19-17-12(2-3-30-19)6-14(9-31-17)37-10-16-29-4-5-36-16/h2-9,20,35H,10-11H2,1H3,(H2,28,34)(H,30,33)/t20-,22+,23+/m0/s1. The minimum Gasteiger partial charge on any atom is -0.482 e. The second-order valence-electron chi connectivity index (χ2n) is 9.11. The number of nitrogens with two attached hydrogens (primary N) is 1. The number of hydrogen-bond donors (Lipinski definition) is 3. The normalized spacial score (nSPS) is 25.5. The highest BCUT2D eigenvalue weighted by molar-refractivity contribution is 8.15. The first kappa shape index (κ1) is 24.4. The first-order valence-corrected chi connectivity index (χ1v) is 12.2. The fourth-order valence-corrected chi connectivity index (χ4v) is 6.37. The number of anilines is 2. The van der Waals surface area contributed by atoms with Crippen LogP contribution in [-0.4, -0.2) is 47.5 Å². The van der Waals surface area contributed by atoms with Gasteiger partial charge in [-0.25, -0.2) is 28.7 Å². The van der Waals surface area contributed by atoms with Crippen molar-refractivity contribution in [1.29, 1.82) is 0 Å². The Labute approximate surface area is 217 Å². The van der Waals surface area contributed by atoms with Gasteiger partial charge in [0, 0.05) is 17.1 Å². The summed E-state index contributed by atoms with van der Waals surface area (Å²) in [7, 11) is 0. The SMILES string of the molecule is C[C@]1(c2cc(Nc3nccc4cc(OCc5ncco5)cnc34)cnc2F)N=C(N)S[C@]2(CO)[C@H]1C2(F)F. The molecule has 0 spiro atoms. The van der Waals surface area contributed by atoms with E-state index in [1.165, 1.54) is 37.8 Å². The minimum absolute atomic E-state index is 0.127. The average molecular weight is 544 g/mol. The molecule has 38 heavy (non-hydrogen) atoms. The van der Waals surface area contributed by atoms with Gasteiger partial charge in [-0.3, -0.25) is 4.99 Å². The van der Waals surface area contributed by atoms with E-state index in [4.69, 9.17) is 14.9 Å². The summed E-state index contributed by atoms with van der Waals surface area (Å²) in [6.07, 6.45) is 7.24. The molecule has 0 bridgehead atoms. The van der Waals surface area contributed by atoms with Crippen molar-refractivity contribution in [2.75, 3.05) is 11.9 Å². The van der Waals surface area contributed by atoms with Gasteiger partial charge in [0.1, 0.15) is 27.8 Å². The van der Waals surface area contributed by atoms with Crippen LogP contribution in [-0.2, 0) is 12.1 Å². The van der Waals surface area contributed by atoms with Crippen molar-refractivity contribution in [1.82, 2.24) is 19.9 Å². The molecule has 0 amide bonds. The maximum atomic E-state index is 15.0. The smallest absolute Gasteiger partial charge is 0.272 e. The number of halogens is 3. The predicted molar refractivity (Wildman–Crippen MR) is 133 cm³/mol. The van der Waals surface area contributed by atoms with Gasteiger partial charge < -0.3 is 25.3 Å². The first-order valence-electron chi connectivity index (χ1n) is 11.4. The van der Waals surface area contributed by atoms with Crippen molar-refractivity contribution >= 4 is 39.3 Å². The number of nitrogens with one attached hydrogen (secondary N) is 1. The second kappa shape index (κ2) is 8.56. The lowest BCUT2D eigenvalue weighted by Gasteiger charge is -2.31. The van der Waals surface area contributed by atoms with Crippen LogP contribution in [0.15, 0.2) is 58.7 Å². The largest absolute Gasteiger partial charge is 0.482 e. The van der Waals surface area contributed by atoms with Crippen LogP contribution in [0.25, 0.3) is 10.9 Å². The van der Waals surface area contributed by atoms with Gasteiger partial charge in [0.25, 0.3) is 5.92 Å². The van der Waals surface area contributed by atoms with Gasteiger partial charge in [-0.1, -0.05) is 11.8 Å². The molecule has 14 heteroatoms. The topological polar surface area (TPSA) is 145 Å². The van der Waals surface area contributed by atoms with Crippen molar-refractivity contribution in [3.8, 4) is 5.75 Å². The monoisotopic (exact) mass is 543 g/mol. The molecule has 1 aliphatic carbocycles. The van der Waals surface area contributed by atoms with Crippen LogP contribution in [0.2, 0.25) is 0 Å². The lowest BCUT2D eigenvalue weighted by Crippen LogP contribution is -2.37. The molecule has 1 saturated carbocycles. The number of hydrogen-bond acceptors (Lipinski definition) is 11. The molecule has 4 N–H and O–H groups in total. The summed E-state index contributed by atoms with van der Waals surface area (Å²) in [5, 5.41) is 13.4. The number of alkyl halides is 2. The van der Waals surface area contributed by atoms with Gasteiger partial charge in [-0.15, -0.1) is 0 Å². The average Bonchev–Trinajstić information content (AvgIpc) is 3.19. The molecule has 5 heterocycles. The Morgan fingerprint density at radius 2 is 2.03 bits per heavy atom. The molecule has 2 aliphatic rings. The quantitative estimate of drug-likeness (QED) is 0.295. The number of nitrogens with zero attached hydrogens (tertiary/aromatic N) is 5. The molecule has 0 unspecified atom stereocenters. The van der Waals surface area contributed by atoms with Crippen molar-refractivity contribution in [3.63, 3.8) is 0 Å². The maximum absolute atomic E-state index is 15.0. The van der Waals surface area contributed by atoms with Gasteiger partial charge in [0.15, 0.2) is 17.6 Å². The number of oxazole rings is 1. The highest BCUT2D eigenvalue weighted by Gasteiger charge is 2.87. The Hall–Kier alpha value is -3.91. The molecule has 1 aliphatic heterocycles. The summed E-state index contributed by atoms with van der Waals surface area (Å²) < 4.78 is 53.8. The molecular formula is C24H20F3N7O3S. The van der Waals surface area contributed by atoms with Crippen LogP contribution in [0.4, 0.5) is 24.7 Å². The van der Waals surface area contributed by atoms with Gasteiger partial charge >= 0.3 is 0 Å². The van der Waals surface area contributed by atoms with E-state index < -0.39 is 34.7 Å². The van der Waals surface area contributed by atoms with Gasteiger partial charge in [-0.05, 0) is 25.1 Å². The van der Waals surface area contributed by atoms with E-state index in [0.29, 0.717) is 40.1 Å². The van der Waals surface area contributed by atoms with E-state index >= 15 is 0 Å². The Balaban J connectivity index is 1.31. The highest BCUT2D eigenvalue weighted by Crippen LogP contribution is 2.74. The molecule has 196 valence electrons. The number of aliphatic hydroxyl groups is 1. The van der Waals surface area contributed by atoms with Crippen molar-refractivity contribution in [3.05, 3.63) is 66.7 Å². The zero-order valence-corrected chi connectivity index (χ0v) is 20.5. The summed E-state index contributed by atoms with van der Waals surface area (Å²) in [6.45, 7) is 0.669. The predicted octanol–water partition coefficient (Wildman–Crippen LogP) is 3.75. The molecule has 6 rings (SSSR count). The number of pyridine rings is 3. The van der Waals surface area contributed by atoms with Crippen LogP contribution < -0.4 is 15.8 Å². The molecular weight excluding hydrogens is 523 g/mol. The van der Waals surface area contributed by atoms with E-state index in [9.17, 15) is 18.3 Å². The first-order chi connectivity index (χ1) is 18.2. The summed E-state index contributed by atoms with van der Waals surface area (Å²) in [6, 6.07) is 4.84. The van der Waals surface area contributed by atoms with Gasteiger partial charge in [0.2, 0.25) is 11.8 Å². The van der Waals surface area contributed by atoms with E-state index in [-0.39, 0.29) is 23.0 Å². The van der Waals surface area contributed by atoms with E-state index in [1.54, 1.807) is 18.3 Å². The molecule has 0 radical (unpaired) electrons. The number of aliphatic imine (C=N–C) groups is 1. The fraction of sp³-hybridized carbons (Fsp3) is 0.292. The Bertz CT molecular complexity index is 1570. The Kier molecular flexibility index (Phi) is 5.50. The minimum atomic E-state index is -3.31. The molecule has 0 saturated heterocycles. The van der Waals surface area contributed by atoms with Crippen molar-refractivity contribution < 1.29 is 27.4 Å². The lowest BCUT2D eigenvalue weighted by atomic mass is 9.86. The number of amidine groups is 1. The van der Waals surface area contributed by atoms with Gasteiger partial charge in [0.05, 0.1) is 36.8 Å². The van der Waals surface area contributed by atoms with Crippen LogP contribution in [0, 0.1) is 11.9 Å². The summed E-state index contributed by atoms with van der Waals surface area (Å²) in [5.41, 5.74) is 4.68. The Morgan fingerprint density at radius 3 is 2.79 bits per heavy atom. The number of rotatable bonds is 7. The zero-order chi connectivity index (χ0) is 26.7. The third-order valence-corrected chi connectivity index (χ3v) is 8.10. The molecule has 10 nitrogen and oxygen atoms in total. The third kappa shape index (κ3) is 3.66. The van der Waals surface area contributed by atoms with E-state index in [2.05, 4.69) is 30.2 Å². The maximum Gasteiger partial charge on any atom is 0.272 e. The number of fused-ring (bicyclic) bond motifs is 2.